The lowest BCUT2D eigenvalue weighted by Gasteiger charge is -2.21. The SMILES string of the molecule is CCCCCCCCCCCCCCCCN1C(=O)C(C2C(=O)N(CCCCCCCC)c3ccsc32)c2ccc(Br)cc21. The number of carbonyl (C=O) groups excluding carboxylic acids is 2. The number of fused-ring (bicyclic) bond motifs is 2. The Morgan fingerprint density at radius 3 is 1.57 bits per heavy atom. The number of unbranched alkanes of at least 4 members (excludes halogenated alkanes) is 18. The number of carbonyl (C=O) groups is 2. The van der Waals surface area contributed by atoms with Crippen LogP contribution in [0.2, 0.25) is 0 Å². The normalized spacial score (nSPS) is 17.6. The molecule has 4 nitrogen and oxygen atoms in total. The summed E-state index contributed by atoms with van der Waals surface area (Å²) >= 11 is 5.29. The van der Waals surface area contributed by atoms with Crippen LogP contribution < -0.4 is 9.80 Å². The first kappa shape index (κ1) is 35.2. The Kier molecular flexibility index (Phi) is 15.3. The number of anilines is 2. The van der Waals surface area contributed by atoms with Crippen molar-refractivity contribution in [1.29, 1.82) is 0 Å². The third kappa shape index (κ3) is 9.44. The van der Waals surface area contributed by atoms with Crippen LogP contribution in [0, 0.1) is 0 Å². The van der Waals surface area contributed by atoms with Crippen LogP contribution in [0.3, 0.4) is 0 Å². The van der Waals surface area contributed by atoms with Crippen LogP contribution in [0.1, 0.15) is 165 Å². The van der Waals surface area contributed by atoms with Gasteiger partial charge in [0.15, 0.2) is 0 Å². The fourth-order valence-corrected chi connectivity index (χ4v) is 8.57. The van der Waals surface area contributed by atoms with Gasteiger partial charge in [0.1, 0.15) is 0 Å². The monoisotopic (exact) mass is 684 g/mol. The predicted octanol–water partition coefficient (Wildman–Crippen LogP) is 11.9. The number of halogens is 1. The van der Waals surface area contributed by atoms with E-state index in [4.69, 9.17) is 0 Å². The molecule has 0 radical (unpaired) electrons. The molecule has 0 saturated heterocycles. The lowest BCUT2D eigenvalue weighted by molar-refractivity contribution is -0.125. The van der Waals surface area contributed by atoms with Gasteiger partial charge in [-0.25, -0.2) is 0 Å². The van der Waals surface area contributed by atoms with Crippen LogP contribution in [0.25, 0.3) is 0 Å². The quantitative estimate of drug-likeness (QED) is 0.109. The second-order valence-corrected chi connectivity index (χ2v) is 15.0. The zero-order valence-corrected chi connectivity index (χ0v) is 30.0. The highest BCUT2D eigenvalue weighted by Crippen LogP contribution is 2.53. The Labute approximate surface area is 280 Å². The zero-order valence-electron chi connectivity index (χ0n) is 27.6. The molecule has 2 aromatic rings. The van der Waals surface area contributed by atoms with Gasteiger partial charge in [-0.1, -0.05) is 151 Å². The van der Waals surface area contributed by atoms with Gasteiger partial charge in [0, 0.05) is 28.1 Å². The minimum absolute atomic E-state index is 0.104. The molecule has 0 fully saturated rings. The third-order valence-electron chi connectivity index (χ3n) is 9.73. The van der Waals surface area contributed by atoms with Gasteiger partial charge in [-0.2, -0.15) is 0 Å². The number of nitrogens with zero attached hydrogens (tertiary/aromatic N) is 2. The van der Waals surface area contributed by atoms with E-state index < -0.39 is 11.8 Å². The molecule has 2 amide bonds. The second kappa shape index (κ2) is 19.1. The average Bonchev–Trinajstić information content (AvgIpc) is 3.66. The van der Waals surface area contributed by atoms with E-state index in [0.717, 1.165) is 65.1 Å². The van der Waals surface area contributed by atoms with E-state index >= 15 is 0 Å². The summed E-state index contributed by atoms with van der Waals surface area (Å²) in [6.07, 6.45) is 25.7. The Bertz CT molecular complexity index is 1160. The lowest BCUT2D eigenvalue weighted by atomic mass is 9.86. The first-order valence-electron chi connectivity index (χ1n) is 18.1. The predicted molar refractivity (Wildman–Crippen MR) is 192 cm³/mol. The first-order chi connectivity index (χ1) is 21.6. The molecule has 4 rings (SSSR count). The molecule has 0 aliphatic carbocycles. The van der Waals surface area contributed by atoms with Gasteiger partial charge in [0.05, 0.1) is 17.5 Å². The topological polar surface area (TPSA) is 40.6 Å². The molecular weight excluding hydrogens is 628 g/mol. The maximum absolute atomic E-state index is 14.1. The largest absolute Gasteiger partial charge is 0.312 e. The van der Waals surface area contributed by atoms with Crippen molar-refractivity contribution >= 4 is 50.5 Å². The van der Waals surface area contributed by atoms with Gasteiger partial charge < -0.3 is 9.80 Å². The van der Waals surface area contributed by atoms with E-state index in [1.807, 2.05) is 15.9 Å². The zero-order chi connectivity index (χ0) is 31.1. The van der Waals surface area contributed by atoms with E-state index in [0.29, 0.717) is 0 Å². The highest BCUT2D eigenvalue weighted by Gasteiger charge is 2.51. The summed E-state index contributed by atoms with van der Waals surface area (Å²) in [6.45, 7) is 6.01. The Morgan fingerprint density at radius 1 is 0.591 bits per heavy atom. The second-order valence-electron chi connectivity index (χ2n) is 13.2. The smallest absolute Gasteiger partial charge is 0.236 e. The standard InChI is InChI=1S/C38H57BrN2O2S/c1-3-5-7-9-11-12-13-14-15-16-17-18-20-22-27-41-33-29-30(39)23-24-31(33)34(37(41)42)35-36-32(25-28-44-36)40(38(35)43)26-21-19-10-8-6-4-2/h23-25,28-29,34-35H,3-22,26-27H2,1-2H3. The van der Waals surface area contributed by atoms with E-state index in [1.54, 1.807) is 11.3 Å². The van der Waals surface area contributed by atoms with Crippen molar-refractivity contribution in [2.75, 3.05) is 22.9 Å². The van der Waals surface area contributed by atoms with Gasteiger partial charge in [-0.05, 0) is 42.0 Å². The molecule has 2 aliphatic heterocycles. The summed E-state index contributed by atoms with van der Waals surface area (Å²) in [7, 11) is 0. The van der Waals surface area contributed by atoms with Crippen LogP contribution in [0.4, 0.5) is 11.4 Å². The molecule has 2 unspecified atom stereocenters. The molecule has 3 heterocycles. The maximum Gasteiger partial charge on any atom is 0.236 e. The molecule has 0 saturated carbocycles. The van der Waals surface area contributed by atoms with Gasteiger partial charge in [0.25, 0.3) is 0 Å². The minimum atomic E-state index is -0.427. The summed E-state index contributed by atoms with van der Waals surface area (Å²) in [5.74, 6) is -0.610. The third-order valence-corrected chi connectivity index (χ3v) is 11.2. The van der Waals surface area contributed by atoms with Gasteiger partial charge >= 0.3 is 0 Å². The van der Waals surface area contributed by atoms with E-state index in [-0.39, 0.29) is 11.8 Å². The van der Waals surface area contributed by atoms with Gasteiger partial charge in [-0.3, -0.25) is 9.59 Å². The molecule has 44 heavy (non-hydrogen) atoms. The number of hydrogen-bond acceptors (Lipinski definition) is 3. The molecular formula is C38H57BrN2O2S. The highest BCUT2D eigenvalue weighted by atomic mass is 79.9. The first-order valence-corrected chi connectivity index (χ1v) is 19.7. The van der Waals surface area contributed by atoms with E-state index in [1.165, 1.54) is 103 Å². The summed E-state index contributed by atoms with van der Waals surface area (Å²) < 4.78 is 0.981. The minimum Gasteiger partial charge on any atom is -0.312 e. The van der Waals surface area contributed by atoms with Crippen LogP contribution in [-0.2, 0) is 9.59 Å². The van der Waals surface area contributed by atoms with Crippen LogP contribution in [-0.4, -0.2) is 24.9 Å². The molecule has 0 N–H and O–H groups in total. The van der Waals surface area contributed by atoms with Crippen molar-refractivity contribution in [3.05, 3.63) is 44.6 Å². The number of hydrogen-bond donors (Lipinski definition) is 0. The molecule has 1 aromatic heterocycles. The maximum atomic E-state index is 14.1. The van der Waals surface area contributed by atoms with Gasteiger partial charge in [-0.15, -0.1) is 11.3 Å². The van der Waals surface area contributed by atoms with Crippen molar-refractivity contribution < 1.29 is 9.59 Å². The van der Waals surface area contributed by atoms with E-state index in [9.17, 15) is 9.59 Å². The molecule has 244 valence electrons. The Balaban J connectivity index is 1.26. The molecule has 2 aliphatic rings. The molecule has 0 bridgehead atoms. The lowest BCUT2D eigenvalue weighted by Crippen LogP contribution is -2.36. The number of benzene rings is 1. The summed E-state index contributed by atoms with van der Waals surface area (Å²) in [5, 5.41) is 2.09. The van der Waals surface area contributed by atoms with Crippen molar-refractivity contribution in [3.63, 3.8) is 0 Å². The van der Waals surface area contributed by atoms with Crippen LogP contribution >= 0.6 is 27.3 Å². The average molecular weight is 686 g/mol. The van der Waals surface area contributed by atoms with Crippen molar-refractivity contribution in [2.24, 2.45) is 0 Å². The van der Waals surface area contributed by atoms with Crippen molar-refractivity contribution in [3.8, 4) is 0 Å². The van der Waals surface area contributed by atoms with Crippen LogP contribution in [0.15, 0.2) is 34.1 Å². The van der Waals surface area contributed by atoms with Crippen molar-refractivity contribution in [2.45, 2.75) is 154 Å². The highest BCUT2D eigenvalue weighted by molar-refractivity contribution is 9.10. The molecule has 6 heteroatoms. The fourth-order valence-electron chi connectivity index (χ4n) is 7.19. The molecule has 1 aromatic carbocycles. The fraction of sp³-hybridized carbons (Fsp3) is 0.684. The van der Waals surface area contributed by atoms with E-state index in [2.05, 4.69) is 53.4 Å². The summed E-state index contributed by atoms with van der Waals surface area (Å²) in [4.78, 5) is 33.1. The molecule has 2 atom stereocenters. The Hall–Kier alpha value is -1.66. The Morgan fingerprint density at radius 2 is 1.05 bits per heavy atom. The van der Waals surface area contributed by atoms with Gasteiger partial charge in [0.2, 0.25) is 11.8 Å². The molecule has 0 spiro atoms. The summed E-state index contributed by atoms with van der Waals surface area (Å²) in [5.41, 5.74) is 3.04. The number of thiophene rings is 1. The van der Waals surface area contributed by atoms with Crippen LogP contribution in [0.5, 0.6) is 0 Å². The number of rotatable bonds is 23. The summed E-state index contributed by atoms with van der Waals surface area (Å²) in [6, 6.07) is 8.27. The number of amides is 2. The van der Waals surface area contributed by atoms with Crippen molar-refractivity contribution in [1.82, 2.24) is 0 Å².